The Labute approximate surface area is 97.3 Å². The van der Waals surface area contributed by atoms with Crippen LogP contribution >= 0.6 is 0 Å². The number of carbonyl (C=O) groups is 1. The van der Waals surface area contributed by atoms with Crippen LogP contribution in [0.2, 0.25) is 0 Å². The van der Waals surface area contributed by atoms with E-state index in [2.05, 4.69) is 17.1 Å². The minimum absolute atomic E-state index is 0.0203. The summed E-state index contributed by atoms with van der Waals surface area (Å²) in [6, 6.07) is 0.0203. The predicted octanol–water partition coefficient (Wildman–Crippen LogP) is 0.623. The van der Waals surface area contributed by atoms with E-state index in [0.29, 0.717) is 12.5 Å². The summed E-state index contributed by atoms with van der Waals surface area (Å²) in [6.45, 7) is 6.94. The van der Waals surface area contributed by atoms with Crippen LogP contribution in [0.25, 0.3) is 0 Å². The molecule has 0 amide bonds. The Morgan fingerprint density at radius 3 is 2.94 bits per heavy atom. The average Bonchev–Trinajstić information content (AvgIpc) is 2.74. The molecule has 0 radical (unpaired) electrons. The van der Waals surface area contributed by atoms with Gasteiger partial charge in [0.25, 0.3) is 0 Å². The molecular weight excluding hydrogens is 204 g/mol. The second kappa shape index (κ2) is 5.64. The van der Waals surface area contributed by atoms with Gasteiger partial charge in [-0.1, -0.05) is 6.92 Å². The molecule has 0 saturated carbocycles. The normalized spacial score (nSPS) is 30.8. The van der Waals surface area contributed by atoms with Gasteiger partial charge in [-0.25, -0.2) is 0 Å². The van der Waals surface area contributed by atoms with Crippen LogP contribution in [0, 0.1) is 5.92 Å². The van der Waals surface area contributed by atoms with Gasteiger partial charge in [-0.3, -0.25) is 9.69 Å². The van der Waals surface area contributed by atoms with Crippen LogP contribution in [0.15, 0.2) is 0 Å². The number of esters is 1. The van der Waals surface area contributed by atoms with Crippen molar-refractivity contribution >= 4 is 5.97 Å². The van der Waals surface area contributed by atoms with Crippen molar-refractivity contribution in [3.05, 3.63) is 0 Å². The molecule has 2 unspecified atom stereocenters. The lowest BCUT2D eigenvalue weighted by molar-refractivity contribution is -0.142. The van der Waals surface area contributed by atoms with Crippen molar-refractivity contribution in [2.24, 2.45) is 5.92 Å². The van der Waals surface area contributed by atoms with Gasteiger partial charge in [-0.05, 0) is 38.4 Å². The molecule has 2 aliphatic rings. The molecule has 4 nitrogen and oxygen atoms in total. The number of rotatable bonds is 4. The van der Waals surface area contributed by atoms with E-state index in [-0.39, 0.29) is 12.0 Å². The van der Waals surface area contributed by atoms with Crippen LogP contribution in [-0.4, -0.2) is 49.7 Å². The highest BCUT2D eigenvalue weighted by molar-refractivity contribution is 5.77. The Balaban J connectivity index is 1.86. The number of piperidine rings is 1. The molecule has 0 aliphatic carbocycles. The maximum atomic E-state index is 11.5. The van der Waals surface area contributed by atoms with Gasteiger partial charge in [-0.2, -0.15) is 0 Å². The molecule has 0 aromatic heterocycles. The number of hydrogen-bond donors (Lipinski definition) is 1. The van der Waals surface area contributed by atoms with Crippen LogP contribution in [0.3, 0.4) is 0 Å². The van der Waals surface area contributed by atoms with Gasteiger partial charge in [0.2, 0.25) is 0 Å². The highest BCUT2D eigenvalue weighted by atomic mass is 16.5. The summed E-state index contributed by atoms with van der Waals surface area (Å²) in [7, 11) is 0. The fraction of sp³-hybridized carbons (Fsp3) is 0.917. The molecule has 16 heavy (non-hydrogen) atoms. The molecule has 0 bridgehead atoms. The van der Waals surface area contributed by atoms with Crippen molar-refractivity contribution in [1.82, 2.24) is 10.2 Å². The molecule has 92 valence electrons. The molecular formula is C12H22N2O2. The number of likely N-dealkylation sites (N-methyl/N-ethyl adjacent to an activating group) is 1. The first-order valence-electron chi connectivity index (χ1n) is 6.42. The zero-order valence-electron chi connectivity index (χ0n) is 10.1. The van der Waals surface area contributed by atoms with E-state index in [1.54, 1.807) is 0 Å². The molecule has 2 atom stereocenters. The van der Waals surface area contributed by atoms with E-state index < -0.39 is 0 Å². The summed E-state index contributed by atoms with van der Waals surface area (Å²) in [6.07, 6.45) is 3.41. The van der Waals surface area contributed by atoms with Crippen molar-refractivity contribution in [2.45, 2.75) is 32.2 Å². The molecule has 2 saturated heterocycles. The van der Waals surface area contributed by atoms with Gasteiger partial charge < -0.3 is 10.1 Å². The number of cyclic esters (lactones) is 1. The Hall–Kier alpha value is -0.610. The quantitative estimate of drug-likeness (QED) is 0.714. The van der Waals surface area contributed by atoms with Crippen molar-refractivity contribution in [1.29, 1.82) is 0 Å². The van der Waals surface area contributed by atoms with E-state index in [1.807, 2.05) is 0 Å². The monoisotopic (exact) mass is 226 g/mol. The van der Waals surface area contributed by atoms with Crippen LogP contribution in [0.5, 0.6) is 0 Å². The molecule has 0 aromatic carbocycles. The maximum Gasteiger partial charge on any atom is 0.323 e. The fourth-order valence-corrected chi connectivity index (χ4v) is 2.71. The van der Waals surface area contributed by atoms with Gasteiger partial charge in [0.15, 0.2) is 0 Å². The standard InChI is InChI=1S/C12H22N2O2/c1-2-14(11-5-7-16-12(11)15)9-10-4-3-6-13-8-10/h10-11,13H,2-9H2,1H3. The number of carbonyl (C=O) groups excluding carboxylic acids is 1. The Bertz CT molecular complexity index is 239. The summed E-state index contributed by atoms with van der Waals surface area (Å²) in [5, 5.41) is 3.42. The van der Waals surface area contributed by atoms with Gasteiger partial charge in [-0.15, -0.1) is 0 Å². The Morgan fingerprint density at radius 1 is 1.50 bits per heavy atom. The van der Waals surface area contributed by atoms with Crippen LogP contribution in [0.4, 0.5) is 0 Å². The summed E-state index contributed by atoms with van der Waals surface area (Å²) < 4.78 is 5.04. The molecule has 2 rings (SSSR count). The second-order valence-corrected chi connectivity index (χ2v) is 4.77. The third kappa shape index (κ3) is 2.74. The molecule has 2 fully saturated rings. The molecule has 0 aromatic rings. The van der Waals surface area contributed by atoms with Gasteiger partial charge in [0.05, 0.1) is 6.61 Å². The van der Waals surface area contributed by atoms with E-state index in [4.69, 9.17) is 4.74 Å². The minimum Gasteiger partial charge on any atom is -0.464 e. The maximum absolute atomic E-state index is 11.5. The zero-order valence-corrected chi connectivity index (χ0v) is 10.1. The summed E-state index contributed by atoms with van der Waals surface area (Å²) in [4.78, 5) is 13.8. The number of nitrogens with zero attached hydrogens (tertiary/aromatic N) is 1. The third-order valence-electron chi connectivity index (χ3n) is 3.65. The topological polar surface area (TPSA) is 41.6 Å². The van der Waals surface area contributed by atoms with E-state index in [0.717, 1.165) is 32.6 Å². The summed E-state index contributed by atoms with van der Waals surface area (Å²) in [5.74, 6) is 0.674. The first-order chi connectivity index (χ1) is 7.81. The summed E-state index contributed by atoms with van der Waals surface area (Å²) in [5.41, 5.74) is 0. The van der Waals surface area contributed by atoms with Crippen molar-refractivity contribution in [3.63, 3.8) is 0 Å². The van der Waals surface area contributed by atoms with Crippen LogP contribution in [0.1, 0.15) is 26.2 Å². The van der Waals surface area contributed by atoms with E-state index in [1.165, 1.54) is 12.8 Å². The summed E-state index contributed by atoms with van der Waals surface area (Å²) >= 11 is 0. The lowest BCUT2D eigenvalue weighted by atomic mass is 9.98. The van der Waals surface area contributed by atoms with E-state index >= 15 is 0 Å². The minimum atomic E-state index is -0.0226. The smallest absolute Gasteiger partial charge is 0.323 e. The SMILES string of the molecule is CCN(CC1CCCNC1)C1CCOC1=O. The first-order valence-corrected chi connectivity index (χ1v) is 6.42. The average molecular weight is 226 g/mol. The van der Waals surface area contributed by atoms with Crippen molar-refractivity contribution in [2.75, 3.05) is 32.8 Å². The number of hydrogen-bond acceptors (Lipinski definition) is 4. The molecule has 2 aliphatic heterocycles. The van der Waals surface area contributed by atoms with Gasteiger partial charge in [0, 0.05) is 13.0 Å². The molecule has 1 N–H and O–H groups in total. The number of ether oxygens (including phenoxy) is 1. The van der Waals surface area contributed by atoms with Crippen molar-refractivity contribution < 1.29 is 9.53 Å². The lowest BCUT2D eigenvalue weighted by Gasteiger charge is -2.31. The Morgan fingerprint density at radius 2 is 2.38 bits per heavy atom. The van der Waals surface area contributed by atoms with Gasteiger partial charge >= 0.3 is 5.97 Å². The Kier molecular flexibility index (Phi) is 4.18. The number of nitrogens with one attached hydrogen (secondary N) is 1. The largest absolute Gasteiger partial charge is 0.464 e. The zero-order chi connectivity index (χ0) is 11.4. The first kappa shape index (κ1) is 11.9. The second-order valence-electron chi connectivity index (χ2n) is 4.77. The molecule has 2 heterocycles. The van der Waals surface area contributed by atoms with E-state index in [9.17, 15) is 4.79 Å². The highest BCUT2D eigenvalue weighted by Crippen LogP contribution is 2.18. The molecule has 0 spiro atoms. The van der Waals surface area contributed by atoms with Gasteiger partial charge in [0.1, 0.15) is 6.04 Å². The van der Waals surface area contributed by atoms with Crippen LogP contribution < -0.4 is 5.32 Å². The van der Waals surface area contributed by atoms with Crippen molar-refractivity contribution in [3.8, 4) is 0 Å². The third-order valence-corrected chi connectivity index (χ3v) is 3.65. The lowest BCUT2D eigenvalue weighted by Crippen LogP contribution is -2.44. The fourth-order valence-electron chi connectivity index (χ4n) is 2.71. The molecule has 4 heteroatoms. The van der Waals surface area contributed by atoms with Crippen LogP contribution in [-0.2, 0) is 9.53 Å². The predicted molar refractivity (Wildman–Crippen MR) is 62.2 cm³/mol. The highest BCUT2D eigenvalue weighted by Gasteiger charge is 2.32.